The molecule has 182 valence electrons. The largest absolute Gasteiger partial charge is 0.573 e. The van der Waals surface area contributed by atoms with E-state index in [9.17, 15) is 30.7 Å². The molecule has 2 aliphatic rings. The molecule has 0 saturated heterocycles. The minimum absolute atomic E-state index is 0.0876. The van der Waals surface area contributed by atoms with Gasteiger partial charge in [-0.25, -0.2) is 19.4 Å². The first kappa shape index (κ1) is 23.6. The maximum absolute atomic E-state index is 14.9. The lowest BCUT2D eigenvalue weighted by molar-refractivity contribution is -0.274. The summed E-state index contributed by atoms with van der Waals surface area (Å²) in [6.45, 7) is 1.39. The molecule has 3 N–H and O–H groups in total. The second kappa shape index (κ2) is 8.02. The Morgan fingerprint density at radius 2 is 1.91 bits per heavy atom. The topological polar surface area (TPSA) is 94.1 Å². The van der Waals surface area contributed by atoms with Crippen molar-refractivity contribution in [2.24, 2.45) is 15.7 Å². The summed E-state index contributed by atoms with van der Waals surface area (Å²) < 4.78 is 100. The van der Waals surface area contributed by atoms with E-state index in [1.807, 2.05) is 0 Å². The van der Waals surface area contributed by atoms with Crippen molar-refractivity contribution in [2.75, 3.05) is 0 Å². The van der Waals surface area contributed by atoms with Gasteiger partial charge in [0, 0.05) is 18.5 Å². The number of aromatic nitrogens is 1. The Hall–Kier alpha value is -3.58. The number of nitrogens with one attached hydrogen (secondary N) is 1. The molecule has 1 aromatic heterocycles. The molecule has 4 rings (SSSR count). The molecule has 0 unspecified atom stereocenters. The van der Waals surface area contributed by atoms with Gasteiger partial charge in [-0.3, -0.25) is 0 Å². The molecular formula is C20H16F7N5O2. The fourth-order valence-corrected chi connectivity index (χ4v) is 3.68. The monoisotopic (exact) mass is 491 g/mol. The van der Waals surface area contributed by atoms with Crippen molar-refractivity contribution in [3.63, 3.8) is 0 Å². The number of nitrogens with zero attached hydrogens (tertiary/aromatic N) is 3. The van der Waals surface area contributed by atoms with E-state index < -0.39 is 48.2 Å². The summed E-state index contributed by atoms with van der Waals surface area (Å²) in [5, 5.41) is 2.87. The lowest BCUT2D eigenvalue weighted by atomic mass is 9.84. The third kappa shape index (κ3) is 4.84. The van der Waals surface area contributed by atoms with Crippen molar-refractivity contribution in [3.8, 4) is 5.75 Å². The second-order valence-corrected chi connectivity index (χ2v) is 7.78. The van der Waals surface area contributed by atoms with Crippen LogP contribution in [-0.4, -0.2) is 35.5 Å². The molecule has 0 aliphatic carbocycles. The Kier molecular flexibility index (Phi) is 5.56. The highest BCUT2D eigenvalue weighted by Gasteiger charge is 2.50. The van der Waals surface area contributed by atoms with E-state index in [0.717, 1.165) is 18.3 Å². The Balaban J connectivity index is 1.68. The molecule has 0 fully saturated rings. The third-order valence-corrected chi connectivity index (χ3v) is 5.21. The number of pyridine rings is 1. The number of rotatable bonds is 3. The lowest BCUT2D eigenvalue weighted by Crippen LogP contribution is -2.46. The summed E-state index contributed by atoms with van der Waals surface area (Å²) >= 11 is 0. The Morgan fingerprint density at radius 3 is 2.53 bits per heavy atom. The molecule has 2 aliphatic heterocycles. The van der Waals surface area contributed by atoms with Crippen molar-refractivity contribution < 1.29 is 40.2 Å². The van der Waals surface area contributed by atoms with Crippen LogP contribution in [-0.2, 0) is 16.8 Å². The van der Waals surface area contributed by atoms with Crippen molar-refractivity contribution in [1.82, 2.24) is 10.3 Å². The van der Waals surface area contributed by atoms with E-state index in [1.165, 1.54) is 19.1 Å². The summed E-state index contributed by atoms with van der Waals surface area (Å²) in [5.41, 5.74) is 4.40. The summed E-state index contributed by atoms with van der Waals surface area (Å²) in [7, 11) is 0. The molecule has 2 aromatic rings. The van der Waals surface area contributed by atoms with Gasteiger partial charge in [-0.1, -0.05) is 0 Å². The van der Waals surface area contributed by atoms with Crippen LogP contribution in [0, 0.1) is 5.82 Å². The van der Waals surface area contributed by atoms with E-state index >= 15 is 0 Å². The molecular weight excluding hydrogens is 475 g/mol. The molecule has 7 nitrogen and oxygen atoms in total. The predicted molar refractivity (Wildman–Crippen MR) is 105 cm³/mol. The number of alkyl halides is 6. The van der Waals surface area contributed by atoms with Crippen LogP contribution in [0.2, 0.25) is 0 Å². The Morgan fingerprint density at radius 1 is 1.18 bits per heavy atom. The van der Waals surface area contributed by atoms with Crippen LogP contribution >= 0.6 is 0 Å². The van der Waals surface area contributed by atoms with Gasteiger partial charge >= 0.3 is 12.5 Å². The Bertz CT molecular complexity index is 1160. The van der Waals surface area contributed by atoms with Crippen molar-refractivity contribution >= 4 is 17.5 Å². The molecule has 0 amide bonds. The number of hydrogen-bond acceptors (Lipinski definition) is 7. The maximum atomic E-state index is 14.9. The van der Waals surface area contributed by atoms with Crippen LogP contribution < -0.4 is 15.8 Å². The van der Waals surface area contributed by atoms with E-state index in [1.54, 1.807) is 0 Å². The fraction of sp³-hybridized carbons (Fsp3) is 0.350. The van der Waals surface area contributed by atoms with Gasteiger partial charge in [0.15, 0.2) is 11.9 Å². The van der Waals surface area contributed by atoms with Crippen LogP contribution in [0.15, 0.2) is 40.4 Å². The molecule has 3 heterocycles. The zero-order valence-corrected chi connectivity index (χ0v) is 17.3. The highest BCUT2D eigenvalue weighted by molar-refractivity contribution is 5.99. The first-order chi connectivity index (χ1) is 15.7. The Labute approximate surface area is 187 Å². The third-order valence-electron chi connectivity index (χ3n) is 5.21. The molecule has 34 heavy (non-hydrogen) atoms. The highest BCUT2D eigenvalue weighted by atomic mass is 19.4. The van der Waals surface area contributed by atoms with Crippen LogP contribution in [0.4, 0.5) is 36.4 Å². The minimum atomic E-state index is -4.87. The normalized spacial score (nSPS) is 22.6. The average Bonchev–Trinajstić information content (AvgIpc) is 2.71. The highest BCUT2D eigenvalue weighted by Crippen LogP contribution is 2.42. The van der Waals surface area contributed by atoms with Gasteiger partial charge in [0.1, 0.15) is 17.3 Å². The van der Waals surface area contributed by atoms with Gasteiger partial charge in [-0.15, -0.1) is 13.2 Å². The number of benzene rings is 1. The quantitative estimate of drug-likeness (QED) is 0.629. The first-order valence-electron chi connectivity index (χ1n) is 9.70. The number of nitrogens with two attached hydrogens (primary N) is 1. The average molecular weight is 491 g/mol. The van der Waals surface area contributed by atoms with E-state index in [-0.39, 0.29) is 29.3 Å². The summed E-state index contributed by atoms with van der Waals surface area (Å²) in [6.07, 6.45) is -11.7. The molecule has 0 spiro atoms. The number of halogens is 7. The fourth-order valence-electron chi connectivity index (χ4n) is 3.68. The van der Waals surface area contributed by atoms with Crippen LogP contribution in [0.3, 0.4) is 0 Å². The van der Waals surface area contributed by atoms with Gasteiger partial charge in [0.25, 0.3) is 6.02 Å². The zero-order chi connectivity index (χ0) is 24.9. The zero-order valence-electron chi connectivity index (χ0n) is 17.3. The molecule has 0 saturated carbocycles. The van der Waals surface area contributed by atoms with Gasteiger partial charge < -0.3 is 20.5 Å². The number of amidine groups is 2. The number of ether oxygens (including phenoxy) is 2. The smallest absolute Gasteiger partial charge is 0.452 e. The molecule has 2 atom stereocenters. The van der Waals surface area contributed by atoms with Crippen molar-refractivity contribution in [1.29, 1.82) is 0 Å². The minimum Gasteiger partial charge on any atom is -0.452 e. The van der Waals surface area contributed by atoms with Crippen LogP contribution in [0.25, 0.3) is 0 Å². The van der Waals surface area contributed by atoms with Gasteiger partial charge in [0.2, 0.25) is 0 Å². The molecule has 14 heteroatoms. The van der Waals surface area contributed by atoms with Gasteiger partial charge in [0.05, 0.1) is 17.4 Å². The summed E-state index contributed by atoms with van der Waals surface area (Å²) in [5.74, 6) is -1.16. The SMILES string of the molecule is C[C@@]1(c2cc3c(cc2F)CNC(c2ccc(OC(F)(F)F)cn2)=N3)C[C@@H](C(F)(F)F)OC(N)=N1. The van der Waals surface area contributed by atoms with Gasteiger partial charge in [-0.05, 0) is 36.8 Å². The summed E-state index contributed by atoms with van der Waals surface area (Å²) in [4.78, 5) is 12.1. The van der Waals surface area contributed by atoms with Crippen LogP contribution in [0.1, 0.15) is 30.2 Å². The molecule has 0 bridgehead atoms. The maximum Gasteiger partial charge on any atom is 0.573 e. The van der Waals surface area contributed by atoms with Crippen molar-refractivity contribution in [3.05, 3.63) is 53.1 Å². The first-order valence-corrected chi connectivity index (χ1v) is 9.70. The predicted octanol–water partition coefficient (Wildman–Crippen LogP) is 4.18. The summed E-state index contributed by atoms with van der Waals surface area (Å²) in [6, 6.07) is 3.96. The van der Waals surface area contributed by atoms with E-state index in [4.69, 9.17) is 5.73 Å². The standard InChI is InChI=1S/C20H16F7N5O2/c1-18(6-15(19(22,23)24)33-17(28)32-18)11-5-14-9(4-12(11)21)7-30-16(31-14)13-3-2-10(8-29-13)34-20(25,26)27/h2-5,8,15H,6-7H2,1H3,(H2,28,32)(H,30,31)/t15-,18-/m0/s1. The lowest BCUT2D eigenvalue weighted by Gasteiger charge is -2.36. The van der Waals surface area contributed by atoms with E-state index in [0.29, 0.717) is 5.56 Å². The second-order valence-electron chi connectivity index (χ2n) is 7.78. The van der Waals surface area contributed by atoms with Crippen molar-refractivity contribution in [2.45, 2.75) is 44.1 Å². The number of aliphatic imine (C=N–C) groups is 2. The van der Waals surface area contributed by atoms with E-state index in [2.05, 4.69) is 29.8 Å². The number of fused-ring (bicyclic) bond motifs is 1. The van der Waals surface area contributed by atoms with Gasteiger partial charge in [-0.2, -0.15) is 13.2 Å². The molecule has 0 radical (unpaired) electrons. The van der Waals surface area contributed by atoms with Crippen LogP contribution in [0.5, 0.6) is 5.75 Å². The molecule has 1 aromatic carbocycles. The number of hydrogen-bond donors (Lipinski definition) is 2.